The number of nitrogens with zero attached hydrogens (tertiary/aromatic N) is 4. The first-order chi connectivity index (χ1) is 12.0. The van der Waals surface area contributed by atoms with E-state index in [0.717, 1.165) is 17.1 Å². The fourth-order valence-electron chi connectivity index (χ4n) is 2.32. The van der Waals surface area contributed by atoms with E-state index >= 15 is 0 Å². The van der Waals surface area contributed by atoms with Gasteiger partial charge in [-0.15, -0.1) is 0 Å². The molecule has 1 N–H and O–H groups in total. The van der Waals surface area contributed by atoms with E-state index in [0.29, 0.717) is 5.56 Å². The summed E-state index contributed by atoms with van der Waals surface area (Å²) in [5.74, 6) is -0.389. The van der Waals surface area contributed by atoms with E-state index in [9.17, 15) is 14.9 Å². The van der Waals surface area contributed by atoms with E-state index in [-0.39, 0.29) is 11.6 Å². The second-order valence-corrected chi connectivity index (χ2v) is 5.45. The number of nitro groups is 1. The molecule has 3 aromatic rings. The summed E-state index contributed by atoms with van der Waals surface area (Å²) >= 11 is 0. The highest BCUT2D eigenvalue weighted by atomic mass is 16.6. The van der Waals surface area contributed by atoms with Gasteiger partial charge >= 0.3 is 0 Å². The van der Waals surface area contributed by atoms with Crippen LogP contribution in [0.15, 0.2) is 54.6 Å². The third-order valence-electron chi connectivity index (χ3n) is 3.81. The maximum atomic E-state index is 12.5. The number of carbonyl (C=O) groups is 1. The van der Waals surface area contributed by atoms with Crippen molar-refractivity contribution in [3.63, 3.8) is 0 Å². The first-order valence-electron chi connectivity index (χ1n) is 7.57. The van der Waals surface area contributed by atoms with Crippen molar-refractivity contribution in [3.8, 4) is 5.69 Å². The Labute approximate surface area is 143 Å². The molecule has 2 aromatic carbocycles. The Balaban J connectivity index is 1.92. The van der Waals surface area contributed by atoms with Crippen molar-refractivity contribution in [2.45, 2.75) is 13.8 Å². The number of nitrogens with one attached hydrogen (secondary N) is 1. The molecule has 126 valence electrons. The molecule has 0 saturated heterocycles. The largest absolute Gasteiger partial charge is 0.288 e. The van der Waals surface area contributed by atoms with Crippen LogP contribution in [0.1, 0.15) is 21.7 Å². The van der Waals surface area contributed by atoms with Crippen molar-refractivity contribution >= 4 is 11.6 Å². The molecule has 0 aliphatic heterocycles. The molecular formula is C17H16N5O3+. The van der Waals surface area contributed by atoms with Gasteiger partial charge in [-0.05, 0) is 29.1 Å². The van der Waals surface area contributed by atoms with Gasteiger partial charge in [0, 0.05) is 36.3 Å². The molecule has 1 heterocycles. The number of para-hydroxylation sites is 1. The molecule has 25 heavy (non-hydrogen) atoms. The summed E-state index contributed by atoms with van der Waals surface area (Å²) in [4.78, 5) is 25.8. The normalized spacial score (nSPS) is 10.5. The van der Waals surface area contributed by atoms with Gasteiger partial charge in [0.2, 0.25) is 5.69 Å². The number of non-ortho nitro benzene ring substituents is 1. The lowest BCUT2D eigenvalue weighted by molar-refractivity contribution is -0.726. The smallest absolute Gasteiger partial charge is 0.266 e. The average Bonchev–Trinajstić information content (AvgIpc) is 2.91. The van der Waals surface area contributed by atoms with Crippen LogP contribution in [0, 0.1) is 24.0 Å². The lowest BCUT2D eigenvalue weighted by atomic mass is 10.2. The van der Waals surface area contributed by atoms with E-state index in [1.54, 1.807) is 9.59 Å². The van der Waals surface area contributed by atoms with Crippen molar-refractivity contribution in [2.75, 3.05) is 5.43 Å². The van der Waals surface area contributed by atoms with Crippen molar-refractivity contribution in [1.82, 2.24) is 9.90 Å². The molecule has 1 aromatic heterocycles. The molecule has 0 radical (unpaired) electrons. The lowest BCUT2D eigenvalue weighted by Gasteiger charge is -2.05. The SMILES string of the molecule is Cc1nn(-c2ccccc2)[n+](NC(=O)c2ccc([N+](=O)[O-])cc2)c1C. The van der Waals surface area contributed by atoms with Gasteiger partial charge in [-0.3, -0.25) is 14.9 Å². The molecule has 0 fully saturated rings. The average molecular weight is 338 g/mol. The van der Waals surface area contributed by atoms with Crippen molar-refractivity contribution < 1.29 is 14.5 Å². The van der Waals surface area contributed by atoms with Gasteiger partial charge in [-0.25, -0.2) is 0 Å². The Morgan fingerprint density at radius 1 is 1.12 bits per heavy atom. The van der Waals surface area contributed by atoms with Crippen molar-refractivity contribution in [3.05, 3.63) is 81.7 Å². The molecular weight excluding hydrogens is 322 g/mol. The Hall–Kier alpha value is -3.55. The van der Waals surface area contributed by atoms with Crippen LogP contribution in [0.3, 0.4) is 0 Å². The predicted molar refractivity (Wildman–Crippen MR) is 90.0 cm³/mol. The minimum atomic E-state index is -0.506. The van der Waals surface area contributed by atoms with Gasteiger partial charge in [-0.2, -0.15) is 5.43 Å². The molecule has 8 nitrogen and oxygen atoms in total. The van der Waals surface area contributed by atoms with Crippen LogP contribution in [0.2, 0.25) is 0 Å². The zero-order valence-corrected chi connectivity index (χ0v) is 13.7. The summed E-state index contributed by atoms with van der Waals surface area (Å²) in [5.41, 5.74) is 5.37. The molecule has 0 bridgehead atoms. The summed E-state index contributed by atoms with van der Waals surface area (Å²) in [5, 5.41) is 15.2. The fourth-order valence-corrected chi connectivity index (χ4v) is 2.32. The molecule has 1 amide bonds. The molecule has 0 aliphatic rings. The Bertz CT molecular complexity index is 933. The maximum absolute atomic E-state index is 12.5. The number of hydrogen-bond donors (Lipinski definition) is 1. The highest BCUT2D eigenvalue weighted by Crippen LogP contribution is 2.12. The number of aryl methyl sites for hydroxylation is 1. The van der Waals surface area contributed by atoms with Gasteiger partial charge in [-0.1, -0.05) is 18.2 Å². The van der Waals surface area contributed by atoms with Crippen LogP contribution < -0.4 is 10.2 Å². The number of hydrogen-bond acceptors (Lipinski definition) is 4. The molecule has 0 spiro atoms. The highest BCUT2D eigenvalue weighted by molar-refractivity contribution is 5.98. The monoisotopic (exact) mass is 338 g/mol. The number of rotatable bonds is 4. The molecule has 0 aliphatic carbocycles. The molecule has 8 heteroatoms. The second kappa shape index (κ2) is 6.52. The van der Waals surface area contributed by atoms with Crippen molar-refractivity contribution in [1.29, 1.82) is 0 Å². The minimum absolute atomic E-state index is 0.0643. The molecule has 0 unspecified atom stereocenters. The summed E-state index contributed by atoms with van der Waals surface area (Å²) in [6.07, 6.45) is 0. The van der Waals surface area contributed by atoms with Gasteiger partial charge < -0.3 is 0 Å². The Morgan fingerprint density at radius 3 is 2.36 bits per heavy atom. The predicted octanol–water partition coefficient (Wildman–Crippen LogP) is 2.07. The fraction of sp³-hybridized carbons (Fsp3) is 0.118. The van der Waals surface area contributed by atoms with Gasteiger partial charge in [0.25, 0.3) is 11.6 Å². The van der Waals surface area contributed by atoms with Crippen LogP contribution in [-0.4, -0.2) is 20.7 Å². The van der Waals surface area contributed by atoms with E-state index in [2.05, 4.69) is 10.5 Å². The van der Waals surface area contributed by atoms with E-state index in [1.165, 1.54) is 24.3 Å². The van der Waals surface area contributed by atoms with Crippen molar-refractivity contribution in [2.24, 2.45) is 0 Å². The number of aromatic nitrogens is 3. The van der Waals surface area contributed by atoms with E-state index in [4.69, 9.17) is 0 Å². The standard InChI is InChI=1S/C17H15N5O3/c1-12-13(2)20(21(18-12)15-6-4-3-5-7-15)19-17(23)14-8-10-16(11-9-14)22(24)25/h3-11H,1-2H3/p+1. The maximum Gasteiger partial charge on any atom is 0.288 e. The number of benzene rings is 2. The lowest BCUT2D eigenvalue weighted by Crippen LogP contribution is -2.56. The Morgan fingerprint density at radius 2 is 1.76 bits per heavy atom. The first-order valence-corrected chi connectivity index (χ1v) is 7.57. The van der Waals surface area contributed by atoms with Crippen LogP contribution in [0.25, 0.3) is 5.69 Å². The number of carbonyl (C=O) groups excluding carboxylic acids is 1. The number of amides is 1. The third-order valence-corrected chi connectivity index (χ3v) is 3.81. The topological polar surface area (TPSA) is 93.9 Å². The second-order valence-electron chi connectivity index (χ2n) is 5.45. The van der Waals surface area contributed by atoms with Gasteiger partial charge in [0.15, 0.2) is 5.69 Å². The quantitative estimate of drug-likeness (QED) is 0.448. The van der Waals surface area contributed by atoms with Gasteiger partial charge in [0.1, 0.15) is 5.69 Å². The molecule has 3 rings (SSSR count). The third kappa shape index (κ3) is 3.23. The summed E-state index contributed by atoms with van der Waals surface area (Å²) in [6, 6.07) is 14.8. The van der Waals surface area contributed by atoms with Crippen LogP contribution in [0.4, 0.5) is 5.69 Å². The first kappa shape index (κ1) is 16.3. The number of nitro benzene ring substituents is 1. The summed E-state index contributed by atoms with van der Waals surface area (Å²) in [6.45, 7) is 3.70. The summed E-state index contributed by atoms with van der Waals surface area (Å²) in [7, 11) is 0. The van der Waals surface area contributed by atoms with E-state index < -0.39 is 4.92 Å². The zero-order chi connectivity index (χ0) is 18.0. The molecule has 0 saturated carbocycles. The Kier molecular flexibility index (Phi) is 4.25. The van der Waals surface area contributed by atoms with Gasteiger partial charge in [0.05, 0.1) is 10.0 Å². The minimum Gasteiger partial charge on any atom is -0.266 e. The van der Waals surface area contributed by atoms with Crippen LogP contribution in [-0.2, 0) is 0 Å². The van der Waals surface area contributed by atoms with Crippen LogP contribution in [0.5, 0.6) is 0 Å². The highest BCUT2D eigenvalue weighted by Gasteiger charge is 2.23. The van der Waals surface area contributed by atoms with E-state index in [1.807, 2.05) is 44.2 Å². The molecule has 0 atom stereocenters. The van der Waals surface area contributed by atoms with Crippen LogP contribution >= 0.6 is 0 Å². The zero-order valence-electron chi connectivity index (χ0n) is 13.7. The summed E-state index contributed by atoms with van der Waals surface area (Å²) < 4.78 is 0.